The van der Waals surface area contributed by atoms with Crippen LogP contribution < -0.4 is 9.64 Å². The van der Waals surface area contributed by atoms with Crippen LogP contribution in [0.3, 0.4) is 0 Å². The maximum atomic E-state index is 13.9. The Hall–Kier alpha value is -3.29. The lowest BCUT2D eigenvalue weighted by molar-refractivity contribution is 0.220. The van der Waals surface area contributed by atoms with Gasteiger partial charge in [-0.25, -0.2) is 8.78 Å². The molecule has 0 saturated carbocycles. The first-order valence-corrected chi connectivity index (χ1v) is 12.6. The maximum absolute atomic E-state index is 13.9. The van der Waals surface area contributed by atoms with E-state index in [0.717, 1.165) is 62.1 Å². The largest absolute Gasteiger partial charge is 0.494 e. The average molecular weight is 497 g/mol. The predicted octanol–water partition coefficient (Wildman–Crippen LogP) is 6.40. The zero-order chi connectivity index (χ0) is 25.7. The number of aromatic nitrogens is 2. The fourth-order valence-corrected chi connectivity index (χ4v) is 4.57. The second-order valence-electron chi connectivity index (χ2n) is 9.94. The summed E-state index contributed by atoms with van der Waals surface area (Å²) in [7, 11) is 0. The van der Waals surface area contributed by atoms with Gasteiger partial charge in [-0.15, -0.1) is 0 Å². The molecule has 1 fully saturated rings. The van der Waals surface area contributed by atoms with Gasteiger partial charge in [0, 0.05) is 31.1 Å². The molecule has 0 unspecified atom stereocenters. The van der Waals surface area contributed by atoms with Crippen LogP contribution in [0.15, 0.2) is 47.0 Å². The second kappa shape index (κ2) is 11.6. The Labute approximate surface area is 211 Å². The number of nitrogens with one attached hydrogen (secondary N) is 1. The van der Waals surface area contributed by atoms with E-state index in [-0.39, 0.29) is 23.6 Å². The number of piperidine rings is 1. The topological polar surface area (TPSA) is 75.2 Å². The molecule has 2 heterocycles. The van der Waals surface area contributed by atoms with Gasteiger partial charge < -0.3 is 19.6 Å². The normalized spacial score (nSPS) is 15.3. The molecule has 0 bridgehead atoms. The molecule has 3 aromatic rings. The van der Waals surface area contributed by atoms with Crippen LogP contribution in [0, 0.1) is 28.9 Å². The number of hydrogen-bond donors (Lipinski definition) is 1. The van der Waals surface area contributed by atoms with Crippen LogP contribution >= 0.6 is 0 Å². The van der Waals surface area contributed by atoms with Crippen molar-refractivity contribution in [1.29, 1.82) is 5.41 Å². The van der Waals surface area contributed by atoms with Gasteiger partial charge in [0.25, 0.3) is 0 Å². The van der Waals surface area contributed by atoms with E-state index >= 15 is 0 Å². The molecule has 0 aliphatic carbocycles. The van der Waals surface area contributed by atoms with Gasteiger partial charge >= 0.3 is 6.01 Å². The number of ether oxygens (including phenoxy) is 1. The first kappa shape index (κ1) is 25.8. The van der Waals surface area contributed by atoms with Crippen molar-refractivity contribution in [2.75, 3.05) is 24.6 Å². The van der Waals surface area contributed by atoms with E-state index in [1.165, 1.54) is 0 Å². The summed E-state index contributed by atoms with van der Waals surface area (Å²) in [6, 6.07) is 11.2. The summed E-state index contributed by atoms with van der Waals surface area (Å²) in [5.41, 5.74) is 1.07. The zero-order valence-corrected chi connectivity index (χ0v) is 21.1. The summed E-state index contributed by atoms with van der Waals surface area (Å²) < 4.78 is 38.7. The van der Waals surface area contributed by atoms with E-state index in [9.17, 15) is 8.78 Å². The minimum atomic E-state index is -0.505. The quantitative estimate of drug-likeness (QED) is 0.329. The van der Waals surface area contributed by atoms with E-state index in [1.807, 2.05) is 12.1 Å². The van der Waals surface area contributed by atoms with Gasteiger partial charge in [-0.2, -0.15) is 4.98 Å². The molecule has 1 atom stereocenters. The van der Waals surface area contributed by atoms with Crippen molar-refractivity contribution in [3.63, 3.8) is 0 Å². The van der Waals surface area contributed by atoms with Crippen molar-refractivity contribution in [2.45, 2.75) is 52.4 Å². The highest BCUT2D eigenvalue weighted by Gasteiger charge is 2.26. The Kier molecular flexibility index (Phi) is 8.33. The van der Waals surface area contributed by atoms with Gasteiger partial charge in [-0.05, 0) is 84.7 Å². The second-order valence-corrected chi connectivity index (χ2v) is 9.94. The summed E-state index contributed by atoms with van der Waals surface area (Å²) in [6.07, 6.45) is 3.16. The molecule has 1 aliphatic heterocycles. The van der Waals surface area contributed by atoms with Gasteiger partial charge in [0.15, 0.2) is 5.82 Å². The van der Waals surface area contributed by atoms with Crippen molar-refractivity contribution in [3.05, 3.63) is 71.1 Å². The first-order chi connectivity index (χ1) is 17.3. The van der Waals surface area contributed by atoms with E-state index < -0.39 is 11.6 Å². The fourth-order valence-electron chi connectivity index (χ4n) is 4.57. The lowest BCUT2D eigenvalue weighted by Crippen LogP contribution is -2.36. The van der Waals surface area contributed by atoms with E-state index in [2.05, 4.69) is 35.8 Å². The van der Waals surface area contributed by atoms with Crippen LogP contribution in [-0.4, -0.2) is 35.5 Å². The third kappa shape index (κ3) is 6.47. The number of anilines is 1. The molecule has 192 valence electrons. The van der Waals surface area contributed by atoms with Crippen LogP contribution in [0.1, 0.15) is 62.9 Å². The number of nitrogens with zero attached hydrogens (tertiary/aromatic N) is 3. The lowest BCUT2D eigenvalue weighted by atomic mass is 9.84. The maximum Gasteiger partial charge on any atom is 0.324 e. The van der Waals surface area contributed by atoms with Crippen molar-refractivity contribution in [1.82, 2.24) is 10.1 Å². The Morgan fingerprint density at radius 3 is 2.50 bits per heavy atom. The molecule has 1 aliphatic rings. The minimum absolute atomic E-state index is 0.0332. The average Bonchev–Trinajstić information content (AvgIpc) is 3.37. The van der Waals surface area contributed by atoms with E-state index in [4.69, 9.17) is 14.7 Å². The monoisotopic (exact) mass is 496 g/mol. The van der Waals surface area contributed by atoms with E-state index in [0.29, 0.717) is 30.0 Å². The molecule has 0 amide bonds. The molecule has 2 aromatic carbocycles. The van der Waals surface area contributed by atoms with E-state index in [1.54, 1.807) is 12.1 Å². The highest BCUT2D eigenvalue weighted by Crippen LogP contribution is 2.30. The van der Waals surface area contributed by atoms with Crippen LogP contribution in [-0.2, 0) is 6.42 Å². The smallest absolute Gasteiger partial charge is 0.324 e. The highest BCUT2D eigenvalue weighted by atomic mass is 19.1. The lowest BCUT2D eigenvalue weighted by Gasteiger charge is -2.33. The summed E-state index contributed by atoms with van der Waals surface area (Å²) in [6.45, 7) is 8.85. The summed E-state index contributed by atoms with van der Waals surface area (Å²) in [4.78, 5) is 6.70. The Balaban J connectivity index is 1.20. The number of hydrogen-bond acceptors (Lipinski definition) is 6. The number of halogens is 2. The fraction of sp³-hybridized carbons (Fsp3) is 0.464. The molecule has 1 aromatic heterocycles. The molecule has 0 spiro atoms. The third-order valence-electron chi connectivity index (χ3n) is 6.98. The Bertz CT molecular complexity index is 1150. The Morgan fingerprint density at radius 1 is 1.11 bits per heavy atom. The summed E-state index contributed by atoms with van der Waals surface area (Å²) in [5, 5.41) is 12.3. The van der Waals surface area contributed by atoms with Gasteiger partial charge in [-0.3, -0.25) is 0 Å². The molecule has 6 nitrogen and oxygen atoms in total. The molecule has 8 heteroatoms. The molecular formula is C28H34F2N4O2. The SMILES string of the molecule is CC(C)c1noc(N2CCC([C@H](C)CCOc3ccc(C(=N)Cc4cc(F)ccc4F)cc3)CC2)n1. The molecule has 1 saturated heterocycles. The molecule has 1 N–H and O–H groups in total. The zero-order valence-electron chi connectivity index (χ0n) is 21.1. The van der Waals surface area contributed by atoms with Crippen LogP contribution in [0.5, 0.6) is 5.75 Å². The highest BCUT2D eigenvalue weighted by molar-refractivity contribution is 5.99. The summed E-state index contributed by atoms with van der Waals surface area (Å²) in [5.74, 6) is 1.91. The van der Waals surface area contributed by atoms with Crippen molar-refractivity contribution in [3.8, 4) is 5.75 Å². The molecule has 0 radical (unpaired) electrons. The number of benzene rings is 2. The van der Waals surface area contributed by atoms with Crippen LogP contribution in [0.4, 0.5) is 14.8 Å². The molecular weight excluding hydrogens is 462 g/mol. The van der Waals surface area contributed by atoms with Gasteiger partial charge in [0.05, 0.1) is 6.61 Å². The number of rotatable bonds is 10. The van der Waals surface area contributed by atoms with Gasteiger partial charge in [0.1, 0.15) is 17.4 Å². The Morgan fingerprint density at radius 2 is 1.83 bits per heavy atom. The third-order valence-corrected chi connectivity index (χ3v) is 6.98. The van der Waals surface area contributed by atoms with Crippen LogP contribution in [0.25, 0.3) is 0 Å². The molecule has 4 rings (SSSR count). The molecule has 36 heavy (non-hydrogen) atoms. The summed E-state index contributed by atoms with van der Waals surface area (Å²) >= 11 is 0. The first-order valence-electron chi connectivity index (χ1n) is 12.6. The van der Waals surface area contributed by atoms with Crippen molar-refractivity contribution in [2.24, 2.45) is 11.8 Å². The predicted molar refractivity (Wildman–Crippen MR) is 136 cm³/mol. The van der Waals surface area contributed by atoms with Gasteiger partial charge in [-0.1, -0.05) is 25.9 Å². The van der Waals surface area contributed by atoms with Crippen LogP contribution in [0.2, 0.25) is 0 Å². The minimum Gasteiger partial charge on any atom is -0.494 e. The van der Waals surface area contributed by atoms with Gasteiger partial charge in [0.2, 0.25) is 0 Å². The standard InChI is InChI=1S/C28H34F2N4O2/c1-18(2)27-32-28(36-33-27)34-13-10-20(11-14-34)19(3)12-15-35-24-7-4-21(5-8-24)26(31)17-22-16-23(29)6-9-25(22)30/h4-9,16,18-20,31H,10-15,17H2,1-3H3/t19-/m1/s1. The van der Waals surface area contributed by atoms with Crippen molar-refractivity contribution >= 4 is 11.7 Å². The van der Waals surface area contributed by atoms with Crippen molar-refractivity contribution < 1.29 is 18.0 Å².